The van der Waals surface area contributed by atoms with Crippen molar-refractivity contribution < 1.29 is 0 Å². The summed E-state index contributed by atoms with van der Waals surface area (Å²) in [5.41, 5.74) is 5.71. The van der Waals surface area contributed by atoms with E-state index >= 15 is 0 Å². The second-order valence-corrected chi connectivity index (χ2v) is 5.07. The molecule has 4 nitrogen and oxygen atoms in total. The number of anilines is 2. The Bertz CT molecular complexity index is 341. The number of nitrogen functional groups attached to an aromatic ring is 1. The topological polar surface area (TPSA) is 55.0 Å². The van der Waals surface area contributed by atoms with Crippen LogP contribution in [0.3, 0.4) is 0 Å². The number of nitrogens with zero attached hydrogens (tertiary/aromatic N) is 3. The van der Waals surface area contributed by atoms with Crippen LogP contribution in [0, 0.1) is 5.92 Å². The van der Waals surface area contributed by atoms with Crippen molar-refractivity contribution in [1.82, 2.24) is 9.97 Å². The van der Waals surface area contributed by atoms with E-state index in [1.807, 2.05) is 0 Å². The van der Waals surface area contributed by atoms with Crippen LogP contribution in [0.15, 0.2) is 10.7 Å². The van der Waals surface area contributed by atoms with E-state index in [1.54, 1.807) is 6.07 Å². The Kier molecular flexibility index (Phi) is 3.63. The lowest BCUT2D eigenvalue weighted by Gasteiger charge is -2.31. The summed E-state index contributed by atoms with van der Waals surface area (Å²) in [5.74, 6) is 2.14. The standard InChI is InChI=1S/C11H17BrN4/c1-2-8-3-5-16(6-4-8)11-14-9(12)7-10(13)15-11/h7-8H,2-6H2,1H3,(H2,13,14,15). The van der Waals surface area contributed by atoms with Crippen molar-refractivity contribution in [2.45, 2.75) is 26.2 Å². The van der Waals surface area contributed by atoms with Crippen molar-refractivity contribution in [2.24, 2.45) is 5.92 Å². The van der Waals surface area contributed by atoms with Crippen LogP contribution in [0.25, 0.3) is 0 Å². The maximum Gasteiger partial charge on any atom is 0.228 e. The molecule has 0 aliphatic carbocycles. The molecule has 5 heteroatoms. The van der Waals surface area contributed by atoms with Gasteiger partial charge in [0.15, 0.2) is 0 Å². The van der Waals surface area contributed by atoms with Crippen LogP contribution >= 0.6 is 15.9 Å². The monoisotopic (exact) mass is 284 g/mol. The molecule has 0 amide bonds. The Morgan fingerprint density at radius 3 is 2.69 bits per heavy atom. The Labute approximate surface area is 104 Å². The number of nitrogens with two attached hydrogens (primary N) is 1. The van der Waals surface area contributed by atoms with Gasteiger partial charge in [0, 0.05) is 19.2 Å². The van der Waals surface area contributed by atoms with E-state index in [2.05, 4.69) is 37.7 Å². The fourth-order valence-electron chi connectivity index (χ4n) is 2.11. The van der Waals surface area contributed by atoms with Crippen LogP contribution in [-0.2, 0) is 0 Å². The van der Waals surface area contributed by atoms with Crippen molar-refractivity contribution in [3.63, 3.8) is 0 Å². The summed E-state index contributed by atoms with van der Waals surface area (Å²) in [6.07, 6.45) is 3.73. The van der Waals surface area contributed by atoms with E-state index in [0.29, 0.717) is 5.82 Å². The van der Waals surface area contributed by atoms with Crippen molar-refractivity contribution in [1.29, 1.82) is 0 Å². The third kappa shape index (κ3) is 2.64. The average molecular weight is 285 g/mol. The smallest absolute Gasteiger partial charge is 0.228 e. The van der Waals surface area contributed by atoms with Gasteiger partial charge in [-0.2, -0.15) is 4.98 Å². The lowest BCUT2D eigenvalue weighted by Crippen LogP contribution is -2.34. The molecular weight excluding hydrogens is 268 g/mol. The summed E-state index contributed by atoms with van der Waals surface area (Å²) in [6, 6.07) is 1.72. The molecule has 1 aromatic heterocycles. The van der Waals surface area contributed by atoms with Gasteiger partial charge in [-0.15, -0.1) is 0 Å². The van der Waals surface area contributed by atoms with E-state index in [0.717, 1.165) is 29.6 Å². The highest BCUT2D eigenvalue weighted by Gasteiger charge is 2.20. The van der Waals surface area contributed by atoms with Gasteiger partial charge in [-0.3, -0.25) is 0 Å². The molecule has 2 rings (SSSR count). The third-order valence-electron chi connectivity index (χ3n) is 3.18. The maximum atomic E-state index is 5.71. The van der Waals surface area contributed by atoms with Gasteiger partial charge >= 0.3 is 0 Å². The molecule has 0 radical (unpaired) electrons. The summed E-state index contributed by atoms with van der Waals surface area (Å²) in [7, 11) is 0. The highest BCUT2D eigenvalue weighted by molar-refractivity contribution is 9.10. The molecule has 2 heterocycles. The number of aromatic nitrogens is 2. The van der Waals surface area contributed by atoms with Crippen molar-refractivity contribution >= 4 is 27.7 Å². The van der Waals surface area contributed by atoms with Gasteiger partial charge < -0.3 is 10.6 Å². The molecule has 0 atom stereocenters. The van der Waals surface area contributed by atoms with Gasteiger partial charge in [-0.1, -0.05) is 13.3 Å². The second kappa shape index (κ2) is 4.99. The highest BCUT2D eigenvalue weighted by atomic mass is 79.9. The van der Waals surface area contributed by atoms with E-state index in [4.69, 9.17) is 5.73 Å². The van der Waals surface area contributed by atoms with E-state index < -0.39 is 0 Å². The van der Waals surface area contributed by atoms with Crippen LogP contribution in [0.1, 0.15) is 26.2 Å². The van der Waals surface area contributed by atoms with Gasteiger partial charge in [0.1, 0.15) is 10.4 Å². The van der Waals surface area contributed by atoms with E-state index in [-0.39, 0.29) is 0 Å². The zero-order valence-electron chi connectivity index (χ0n) is 9.49. The molecule has 88 valence electrons. The summed E-state index contributed by atoms with van der Waals surface area (Å²) >= 11 is 3.35. The lowest BCUT2D eigenvalue weighted by molar-refractivity contribution is 0.392. The summed E-state index contributed by atoms with van der Waals surface area (Å²) in [6.45, 7) is 4.33. The molecule has 1 fully saturated rings. The quantitative estimate of drug-likeness (QED) is 0.848. The minimum Gasteiger partial charge on any atom is -0.383 e. The van der Waals surface area contributed by atoms with Gasteiger partial charge in [0.05, 0.1) is 0 Å². The molecule has 16 heavy (non-hydrogen) atoms. The summed E-state index contributed by atoms with van der Waals surface area (Å²) < 4.78 is 0.757. The molecule has 0 aromatic carbocycles. The molecule has 1 aromatic rings. The number of halogens is 1. The van der Waals surface area contributed by atoms with Crippen LogP contribution in [0.5, 0.6) is 0 Å². The molecular formula is C11H17BrN4. The Hall–Kier alpha value is -0.840. The first-order valence-corrected chi connectivity index (χ1v) is 6.53. The predicted molar refractivity (Wildman–Crippen MR) is 69.4 cm³/mol. The summed E-state index contributed by atoms with van der Waals surface area (Å²) in [5, 5.41) is 0. The van der Waals surface area contributed by atoms with Gasteiger partial charge in [-0.25, -0.2) is 4.98 Å². The zero-order chi connectivity index (χ0) is 11.5. The fraction of sp³-hybridized carbons (Fsp3) is 0.636. The highest BCUT2D eigenvalue weighted by Crippen LogP contribution is 2.24. The molecule has 1 aliphatic rings. The molecule has 0 saturated carbocycles. The predicted octanol–water partition coefficient (Wildman–Crippen LogP) is 2.45. The average Bonchev–Trinajstić information content (AvgIpc) is 2.28. The maximum absolute atomic E-state index is 5.71. The Balaban J connectivity index is 2.08. The van der Waals surface area contributed by atoms with Crippen LogP contribution < -0.4 is 10.6 Å². The number of hydrogen-bond acceptors (Lipinski definition) is 4. The van der Waals surface area contributed by atoms with Crippen LogP contribution in [-0.4, -0.2) is 23.1 Å². The molecule has 1 aliphatic heterocycles. The lowest BCUT2D eigenvalue weighted by atomic mass is 9.95. The first-order valence-electron chi connectivity index (χ1n) is 5.74. The number of rotatable bonds is 2. The number of piperidine rings is 1. The minimum absolute atomic E-state index is 0.523. The molecule has 2 N–H and O–H groups in total. The molecule has 0 unspecified atom stereocenters. The van der Waals surface area contributed by atoms with Crippen LogP contribution in [0.4, 0.5) is 11.8 Å². The summed E-state index contributed by atoms with van der Waals surface area (Å²) in [4.78, 5) is 10.8. The van der Waals surface area contributed by atoms with Crippen molar-refractivity contribution in [2.75, 3.05) is 23.7 Å². The minimum atomic E-state index is 0.523. The Morgan fingerprint density at radius 1 is 1.44 bits per heavy atom. The first-order chi connectivity index (χ1) is 7.69. The second-order valence-electron chi connectivity index (χ2n) is 4.25. The normalized spacial score (nSPS) is 17.8. The largest absolute Gasteiger partial charge is 0.383 e. The van der Waals surface area contributed by atoms with Gasteiger partial charge in [0.2, 0.25) is 5.95 Å². The zero-order valence-corrected chi connectivity index (χ0v) is 11.1. The van der Waals surface area contributed by atoms with E-state index in [9.17, 15) is 0 Å². The fourth-order valence-corrected chi connectivity index (χ4v) is 2.50. The SMILES string of the molecule is CCC1CCN(c2nc(N)cc(Br)n2)CC1. The number of hydrogen-bond donors (Lipinski definition) is 1. The molecule has 1 saturated heterocycles. The van der Waals surface area contributed by atoms with Crippen LogP contribution in [0.2, 0.25) is 0 Å². The Morgan fingerprint density at radius 2 is 2.12 bits per heavy atom. The third-order valence-corrected chi connectivity index (χ3v) is 3.58. The molecule has 0 spiro atoms. The van der Waals surface area contributed by atoms with Crippen molar-refractivity contribution in [3.8, 4) is 0 Å². The van der Waals surface area contributed by atoms with Gasteiger partial charge in [0.25, 0.3) is 0 Å². The van der Waals surface area contributed by atoms with E-state index in [1.165, 1.54) is 19.3 Å². The molecule has 0 bridgehead atoms. The van der Waals surface area contributed by atoms with Crippen molar-refractivity contribution in [3.05, 3.63) is 10.7 Å². The first kappa shape index (κ1) is 11.6. The van der Waals surface area contributed by atoms with Gasteiger partial charge in [-0.05, 0) is 34.7 Å².